The number of nitrogens with one attached hydrogen (secondary N) is 1. The highest BCUT2D eigenvalue weighted by atomic mass is 16.6. The topological polar surface area (TPSA) is 125 Å². The average Bonchev–Trinajstić information content (AvgIpc) is 3.68. The van der Waals surface area contributed by atoms with Crippen molar-refractivity contribution in [3.05, 3.63) is 89.5 Å². The molecule has 2 aromatic carbocycles. The molecule has 2 fully saturated rings. The number of benzene rings is 2. The second-order valence-electron chi connectivity index (χ2n) is 12.7. The van der Waals surface area contributed by atoms with Crippen LogP contribution in [0.4, 0.5) is 5.69 Å². The van der Waals surface area contributed by atoms with Gasteiger partial charge in [-0.2, -0.15) is 0 Å². The van der Waals surface area contributed by atoms with Crippen LogP contribution >= 0.6 is 0 Å². The van der Waals surface area contributed by atoms with Gasteiger partial charge >= 0.3 is 5.97 Å². The monoisotopic (exact) mass is 627 g/mol. The Morgan fingerprint density at radius 1 is 1.00 bits per heavy atom. The Hall–Kier alpha value is -4.28. The zero-order valence-corrected chi connectivity index (χ0v) is 26.4. The van der Waals surface area contributed by atoms with E-state index in [2.05, 4.69) is 5.32 Å². The summed E-state index contributed by atoms with van der Waals surface area (Å²) >= 11 is 0. The van der Waals surface area contributed by atoms with Gasteiger partial charge in [0, 0.05) is 18.7 Å². The normalized spacial score (nSPS) is 31.1. The first-order valence-electron chi connectivity index (χ1n) is 16.0. The Morgan fingerprint density at radius 2 is 1.74 bits per heavy atom. The highest BCUT2D eigenvalue weighted by Gasteiger charge is 2.74. The molecule has 46 heavy (non-hydrogen) atoms. The summed E-state index contributed by atoms with van der Waals surface area (Å²) in [6, 6.07) is 13.4. The number of esters is 1. The number of nitrogens with zero attached hydrogens (tertiary/aromatic N) is 2. The van der Waals surface area contributed by atoms with Gasteiger partial charge in [-0.1, -0.05) is 72.8 Å². The first-order valence-corrected chi connectivity index (χ1v) is 16.0. The van der Waals surface area contributed by atoms with Gasteiger partial charge in [-0.15, -0.1) is 0 Å². The van der Waals surface area contributed by atoms with Crippen LogP contribution in [-0.2, 0) is 35.1 Å². The first-order chi connectivity index (χ1) is 22.2. The number of cyclic esters (lactones) is 1. The molecule has 0 aromatic heterocycles. The van der Waals surface area contributed by atoms with Crippen LogP contribution in [0.3, 0.4) is 0 Å². The molecule has 4 heterocycles. The van der Waals surface area contributed by atoms with Crippen molar-refractivity contribution in [2.45, 2.75) is 69.9 Å². The van der Waals surface area contributed by atoms with Crippen LogP contribution < -0.4 is 10.2 Å². The van der Waals surface area contributed by atoms with Gasteiger partial charge in [0.15, 0.2) is 0 Å². The standard InChI is InChI=1S/C36H41N3O7/c1-22-11-10-12-23(2)31(22)38-18-9-5-8-15-28(41)37-20-24(3)45-35(44)29-27-16-17-36(46-27)30(29)33(42)39(32(36)34(38)43)26(21-40)19-25-13-6-4-7-14-25/h4-7,9-14,16-17,24,26-27,29-30,32,40H,8,15,18-21H2,1-3H3,(H,37,41)/b9-5-/t24-,26+,27+,29-,30-,32+,36-/m0/s1. The van der Waals surface area contributed by atoms with Crippen LogP contribution in [0, 0.1) is 25.7 Å². The maximum Gasteiger partial charge on any atom is 0.313 e. The number of aryl methyl sites for hydroxylation is 2. The lowest BCUT2D eigenvalue weighted by atomic mass is 9.74. The zero-order chi connectivity index (χ0) is 32.6. The van der Waals surface area contributed by atoms with E-state index >= 15 is 4.79 Å². The number of aliphatic hydroxyl groups is 1. The summed E-state index contributed by atoms with van der Waals surface area (Å²) in [5.41, 5.74) is 1.93. The number of allylic oxidation sites excluding steroid dienone is 1. The second kappa shape index (κ2) is 12.8. The van der Waals surface area contributed by atoms with Crippen LogP contribution in [0.2, 0.25) is 0 Å². The lowest BCUT2D eigenvalue weighted by Crippen LogP contribution is -2.59. The van der Waals surface area contributed by atoms with Crippen molar-refractivity contribution >= 4 is 29.4 Å². The van der Waals surface area contributed by atoms with Gasteiger partial charge in [-0.25, -0.2) is 0 Å². The van der Waals surface area contributed by atoms with E-state index in [0.29, 0.717) is 18.5 Å². The molecule has 4 aliphatic rings. The van der Waals surface area contributed by atoms with Crippen molar-refractivity contribution in [1.82, 2.24) is 10.2 Å². The third kappa shape index (κ3) is 5.54. The second-order valence-corrected chi connectivity index (χ2v) is 12.7. The highest BCUT2D eigenvalue weighted by molar-refractivity contribution is 6.06. The average molecular weight is 628 g/mol. The third-order valence-corrected chi connectivity index (χ3v) is 9.61. The Kier molecular flexibility index (Phi) is 8.85. The van der Waals surface area contributed by atoms with E-state index in [-0.39, 0.29) is 31.3 Å². The van der Waals surface area contributed by atoms with E-state index < -0.39 is 60.2 Å². The molecule has 5 bridgehead atoms. The van der Waals surface area contributed by atoms with Gasteiger partial charge in [-0.3, -0.25) is 19.2 Å². The molecule has 0 radical (unpaired) electrons. The van der Waals surface area contributed by atoms with Crippen LogP contribution in [-0.4, -0.2) is 83.3 Å². The SMILES string of the molecule is Cc1cccc(C)c1N1C/C=C\CCC(=O)NC[C@H](C)OC(=O)[C@@H]2[C@H]3C(=O)N([C@@H](CO)Cc4ccccc4)[C@H](C1=O)[C@]31C=C[C@H]2O1. The Balaban J connectivity index is 1.49. The molecule has 2 saturated heterocycles. The third-order valence-electron chi connectivity index (χ3n) is 9.61. The van der Waals surface area contributed by atoms with E-state index in [4.69, 9.17) is 9.47 Å². The smallest absolute Gasteiger partial charge is 0.313 e. The zero-order valence-electron chi connectivity index (χ0n) is 26.4. The van der Waals surface area contributed by atoms with Gasteiger partial charge in [0.2, 0.25) is 11.8 Å². The minimum absolute atomic E-state index is 0.128. The van der Waals surface area contributed by atoms with Gasteiger partial charge < -0.3 is 29.7 Å². The van der Waals surface area contributed by atoms with Crippen molar-refractivity contribution in [2.75, 3.05) is 24.6 Å². The van der Waals surface area contributed by atoms with Crippen LogP contribution in [0.25, 0.3) is 0 Å². The molecule has 3 amide bonds. The van der Waals surface area contributed by atoms with Crippen molar-refractivity contribution in [1.29, 1.82) is 0 Å². The Labute approximate surface area is 269 Å². The largest absolute Gasteiger partial charge is 0.460 e. The van der Waals surface area contributed by atoms with Crippen molar-refractivity contribution in [3.63, 3.8) is 0 Å². The fourth-order valence-electron chi connectivity index (χ4n) is 7.53. The quantitative estimate of drug-likeness (QED) is 0.386. The molecular formula is C36H41N3O7. The van der Waals surface area contributed by atoms with E-state index in [1.165, 1.54) is 4.90 Å². The number of aliphatic hydroxyl groups excluding tert-OH is 1. The fourth-order valence-corrected chi connectivity index (χ4v) is 7.53. The molecule has 0 aliphatic carbocycles. The molecule has 4 aliphatic heterocycles. The number of likely N-dealkylation sites (tertiary alicyclic amines) is 1. The van der Waals surface area contributed by atoms with E-state index in [1.807, 2.05) is 74.5 Å². The predicted octanol–water partition coefficient (Wildman–Crippen LogP) is 2.79. The number of fused-ring (bicyclic) bond motifs is 2. The summed E-state index contributed by atoms with van der Waals surface area (Å²) in [6.07, 6.45) is 6.84. The van der Waals surface area contributed by atoms with E-state index in [9.17, 15) is 19.5 Å². The molecule has 0 saturated carbocycles. The maximum absolute atomic E-state index is 15.2. The van der Waals surface area contributed by atoms with E-state index in [1.54, 1.807) is 24.0 Å². The molecule has 2 aromatic rings. The first kappa shape index (κ1) is 31.7. The van der Waals surface area contributed by atoms with Crippen molar-refractivity contribution < 1.29 is 33.8 Å². The number of amides is 3. The molecule has 0 unspecified atom stereocenters. The molecule has 7 atom stereocenters. The van der Waals surface area contributed by atoms with E-state index in [0.717, 1.165) is 16.7 Å². The Morgan fingerprint density at radius 3 is 2.46 bits per heavy atom. The van der Waals surface area contributed by atoms with Crippen LogP contribution in [0.5, 0.6) is 0 Å². The number of anilines is 1. The number of carbonyl (C=O) groups excluding carboxylic acids is 4. The maximum atomic E-state index is 15.2. The summed E-state index contributed by atoms with van der Waals surface area (Å²) < 4.78 is 12.3. The number of carbonyl (C=O) groups is 4. The molecule has 2 N–H and O–H groups in total. The molecule has 1 spiro atoms. The highest BCUT2D eigenvalue weighted by Crippen LogP contribution is 2.56. The molecular weight excluding hydrogens is 586 g/mol. The number of para-hydroxylation sites is 1. The predicted molar refractivity (Wildman–Crippen MR) is 171 cm³/mol. The van der Waals surface area contributed by atoms with Gasteiger partial charge in [-0.05, 0) is 50.3 Å². The van der Waals surface area contributed by atoms with Crippen LogP contribution in [0.1, 0.15) is 36.5 Å². The summed E-state index contributed by atoms with van der Waals surface area (Å²) in [5.74, 6) is -3.62. The molecule has 6 rings (SSSR count). The Bertz CT molecular complexity index is 1550. The molecule has 10 heteroatoms. The minimum atomic E-state index is -1.43. The minimum Gasteiger partial charge on any atom is -0.460 e. The lowest BCUT2D eigenvalue weighted by molar-refractivity contribution is -0.159. The molecule has 242 valence electrons. The van der Waals surface area contributed by atoms with Crippen molar-refractivity contribution in [2.24, 2.45) is 11.8 Å². The van der Waals surface area contributed by atoms with Gasteiger partial charge in [0.25, 0.3) is 5.91 Å². The molecule has 10 nitrogen and oxygen atoms in total. The van der Waals surface area contributed by atoms with Crippen LogP contribution in [0.15, 0.2) is 72.8 Å². The lowest BCUT2D eigenvalue weighted by Gasteiger charge is -2.39. The number of rotatable bonds is 5. The number of hydrogen-bond acceptors (Lipinski definition) is 7. The summed E-state index contributed by atoms with van der Waals surface area (Å²) in [5, 5.41) is 13.6. The van der Waals surface area contributed by atoms with Crippen molar-refractivity contribution in [3.8, 4) is 0 Å². The number of hydrogen-bond donors (Lipinski definition) is 2. The van der Waals surface area contributed by atoms with Gasteiger partial charge in [0.05, 0.1) is 31.2 Å². The summed E-state index contributed by atoms with van der Waals surface area (Å²) in [7, 11) is 0. The number of ether oxygens (including phenoxy) is 2. The van der Waals surface area contributed by atoms with Gasteiger partial charge in [0.1, 0.15) is 23.7 Å². The fraction of sp³-hybridized carbons (Fsp3) is 0.444. The summed E-state index contributed by atoms with van der Waals surface area (Å²) in [6.45, 7) is 5.47. The summed E-state index contributed by atoms with van der Waals surface area (Å²) in [4.78, 5) is 59.2.